The average molecular weight is 310 g/mol. The highest BCUT2D eigenvalue weighted by molar-refractivity contribution is 6.31. The summed E-state index contributed by atoms with van der Waals surface area (Å²) in [4.78, 5) is 14.1. The van der Waals surface area contributed by atoms with E-state index in [0.717, 1.165) is 30.2 Å². The summed E-state index contributed by atoms with van der Waals surface area (Å²) in [5.41, 5.74) is 1.49. The standard InChI is InChI=1S/C16H20ClNO3/c1-11-13-10-12(17)6-7-14(13)21-15(11)16(20)18(2)8-4-3-5-9-19/h6-7,10,19H,3-5,8-9H2,1-2H3. The second-order valence-corrected chi connectivity index (χ2v) is 5.64. The van der Waals surface area contributed by atoms with Gasteiger partial charge >= 0.3 is 0 Å². The lowest BCUT2D eigenvalue weighted by Gasteiger charge is -2.15. The zero-order valence-corrected chi connectivity index (χ0v) is 13.1. The number of unbranched alkanes of at least 4 members (excludes halogenated alkanes) is 2. The molecule has 114 valence electrons. The number of rotatable bonds is 6. The highest BCUT2D eigenvalue weighted by atomic mass is 35.5. The lowest BCUT2D eigenvalue weighted by atomic mass is 10.1. The van der Waals surface area contributed by atoms with Crippen LogP contribution in [0.2, 0.25) is 5.02 Å². The van der Waals surface area contributed by atoms with E-state index in [1.54, 1.807) is 24.1 Å². The van der Waals surface area contributed by atoms with Gasteiger partial charge in [0.05, 0.1) is 0 Å². The minimum absolute atomic E-state index is 0.121. The molecule has 1 aromatic carbocycles. The van der Waals surface area contributed by atoms with Gasteiger partial charge in [0.1, 0.15) is 5.58 Å². The summed E-state index contributed by atoms with van der Waals surface area (Å²) in [6.45, 7) is 2.71. The molecule has 0 atom stereocenters. The van der Waals surface area contributed by atoms with Gasteiger partial charge in [0.15, 0.2) is 5.76 Å². The number of hydrogen-bond acceptors (Lipinski definition) is 3. The highest BCUT2D eigenvalue weighted by Gasteiger charge is 2.20. The molecule has 2 aromatic rings. The Balaban J connectivity index is 2.13. The van der Waals surface area contributed by atoms with E-state index in [1.165, 1.54) is 0 Å². The van der Waals surface area contributed by atoms with Crippen molar-refractivity contribution in [1.29, 1.82) is 0 Å². The van der Waals surface area contributed by atoms with E-state index in [0.29, 0.717) is 22.9 Å². The molecule has 21 heavy (non-hydrogen) atoms. The number of fused-ring (bicyclic) bond motifs is 1. The molecule has 0 aliphatic carbocycles. The smallest absolute Gasteiger partial charge is 0.289 e. The summed E-state index contributed by atoms with van der Waals surface area (Å²) in [7, 11) is 1.76. The third-order valence-corrected chi connectivity index (χ3v) is 3.83. The predicted octanol–water partition coefficient (Wildman–Crippen LogP) is 3.63. The topological polar surface area (TPSA) is 53.7 Å². The van der Waals surface area contributed by atoms with E-state index in [4.69, 9.17) is 21.1 Å². The number of nitrogens with zero attached hydrogens (tertiary/aromatic N) is 1. The zero-order chi connectivity index (χ0) is 15.4. The van der Waals surface area contributed by atoms with Crippen LogP contribution >= 0.6 is 11.6 Å². The number of aryl methyl sites for hydroxylation is 1. The van der Waals surface area contributed by atoms with Crippen LogP contribution in [0, 0.1) is 6.92 Å². The molecule has 1 aromatic heterocycles. The van der Waals surface area contributed by atoms with E-state index in [-0.39, 0.29) is 12.5 Å². The van der Waals surface area contributed by atoms with Crippen LogP contribution in [-0.2, 0) is 0 Å². The molecule has 0 spiro atoms. The number of furan rings is 1. The molecule has 0 aliphatic rings. The monoisotopic (exact) mass is 309 g/mol. The summed E-state index contributed by atoms with van der Waals surface area (Å²) in [5.74, 6) is 0.251. The van der Waals surface area contributed by atoms with E-state index >= 15 is 0 Å². The average Bonchev–Trinajstić information content (AvgIpc) is 2.79. The second kappa shape index (κ2) is 6.96. The Morgan fingerprint density at radius 3 is 2.81 bits per heavy atom. The van der Waals surface area contributed by atoms with Crippen molar-refractivity contribution in [3.63, 3.8) is 0 Å². The molecule has 1 amide bonds. The highest BCUT2D eigenvalue weighted by Crippen LogP contribution is 2.28. The van der Waals surface area contributed by atoms with Crippen LogP contribution in [0.5, 0.6) is 0 Å². The molecule has 0 saturated carbocycles. The van der Waals surface area contributed by atoms with Crippen LogP contribution in [-0.4, -0.2) is 36.1 Å². The van der Waals surface area contributed by atoms with E-state index in [9.17, 15) is 4.79 Å². The van der Waals surface area contributed by atoms with Crippen molar-refractivity contribution in [2.24, 2.45) is 0 Å². The van der Waals surface area contributed by atoms with Gasteiger partial charge in [-0.05, 0) is 44.4 Å². The van der Waals surface area contributed by atoms with Gasteiger partial charge in [-0.2, -0.15) is 0 Å². The van der Waals surface area contributed by atoms with Crippen molar-refractivity contribution in [1.82, 2.24) is 4.90 Å². The fourth-order valence-corrected chi connectivity index (χ4v) is 2.48. The van der Waals surface area contributed by atoms with Gasteiger partial charge in [-0.3, -0.25) is 4.79 Å². The van der Waals surface area contributed by atoms with E-state index < -0.39 is 0 Å². The zero-order valence-electron chi connectivity index (χ0n) is 12.4. The number of carbonyl (C=O) groups excluding carboxylic acids is 1. The van der Waals surface area contributed by atoms with Crippen molar-refractivity contribution in [3.8, 4) is 0 Å². The van der Waals surface area contributed by atoms with E-state index in [1.807, 2.05) is 13.0 Å². The Morgan fingerprint density at radius 2 is 2.10 bits per heavy atom. The molecule has 0 fully saturated rings. The summed E-state index contributed by atoms with van der Waals surface area (Å²) in [6, 6.07) is 5.34. The van der Waals surface area contributed by atoms with Crippen LogP contribution in [0.1, 0.15) is 35.4 Å². The fourth-order valence-electron chi connectivity index (χ4n) is 2.31. The normalized spacial score (nSPS) is 11.0. The van der Waals surface area contributed by atoms with Gasteiger partial charge in [0.25, 0.3) is 5.91 Å². The number of aliphatic hydroxyl groups is 1. The number of halogens is 1. The molecule has 0 bridgehead atoms. The maximum absolute atomic E-state index is 12.4. The lowest BCUT2D eigenvalue weighted by Crippen LogP contribution is -2.27. The van der Waals surface area contributed by atoms with Crippen LogP contribution in [0.4, 0.5) is 0 Å². The minimum Gasteiger partial charge on any atom is -0.451 e. The third-order valence-electron chi connectivity index (χ3n) is 3.59. The van der Waals surface area contributed by atoms with Crippen LogP contribution in [0.15, 0.2) is 22.6 Å². The van der Waals surface area contributed by atoms with Gasteiger partial charge in [-0.25, -0.2) is 0 Å². The molecule has 0 aliphatic heterocycles. The quantitative estimate of drug-likeness (QED) is 0.829. The Labute approximate surface area is 129 Å². The minimum atomic E-state index is -0.121. The van der Waals surface area contributed by atoms with Gasteiger partial charge in [0, 0.05) is 36.2 Å². The molecule has 4 nitrogen and oxygen atoms in total. The number of amides is 1. The fraction of sp³-hybridized carbons (Fsp3) is 0.438. The predicted molar refractivity (Wildman–Crippen MR) is 83.9 cm³/mol. The number of carbonyl (C=O) groups is 1. The van der Waals surface area contributed by atoms with Gasteiger partial charge in [-0.1, -0.05) is 11.6 Å². The molecule has 1 heterocycles. The summed E-state index contributed by atoms with van der Waals surface area (Å²) >= 11 is 5.98. The first-order valence-corrected chi connectivity index (χ1v) is 7.47. The van der Waals surface area contributed by atoms with Crippen LogP contribution in [0.25, 0.3) is 11.0 Å². The summed E-state index contributed by atoms with van der Waals surface area (Å²) < 4.78 is 5.67. The number of aliphatic hydroxyl groups excluding tert-OH is 1. The maximum atomic E-state index is 12.4. The van der Waals surface area contributed by atoms with Crippen molar-refractivity contribution in [3.05, 3.63) is 34.5 Å². The lowest BCUT2D eigenvalue weighted by molar-refractivity contribution is 0.0762. The SMILES string of the molecule is Cc1c(C(=O)N(C)CCCCCO)oc2ccc(Cl)cc12. The first-order chi connectivity index (χ1) is 10.0. The molecular formula is C16H20ClNO3. The molecule has 0 unspecified atom stereocenters. The molecule has 5 heteroatoms. The van der Waals surface area contributed by atoms with Crippen molar-refractivity contribution in [2.45, 2.75) is 26.2 Å². The molecule has 0 radical (unpaired) electrons. The van der Waals surface area contributed by atoms with Gasteiger partial charge < -0.3 is 14.4 Å². The Hall–Kier alpha value is -1.52. The Morgan fingerprint density at radius 1 is 1.33 bits per heavy atom. The van der Waals surface area contributed by atoms with Crippen LogP contribution < -0.4 is 0 Å². The van der Waals surface area contributed by atoms with Crippen molar-refractivity contribution in [2.75, 3.05) is 20.2 Å². The first-order valence-electron chi connectivity index (χ1n) is 7.09. The second-order valence-electron chi connectivity index (χ2n) is 5.21. The van der Waals surface area contributed by atoms with Crippen LogP contribution in [0.3, 0.4) is 0 Å². The first kappa shape index (κ1) is 15.9. The number of benzene rings is 1. The van der Waals surface area contributed by atoms with Crippen molar-refractivity contribution >= 4 is 28.5 Å². The summed E-state index contributed by atoms with van der Waals surface area (Å²) in [5, 5.41) is 10.3. The molecule has 1 N–H and O–H groups in total. The van der Waals surface area contributed by atoms with E-state index in [2.05, 4.69) is 0 Å². The Kier molecular flexibility index (Phi) is 5.26. The number of hydrogen-bond donors (Lipinski definition) is 1. The maximum Gasteiger partial charge on any atom is 0.289 e. The van der Waals surface area contributed by atoms with Gasteiger partial charge in [0.2, 0.25) is 0 Å². The third kappa shape index (κ3) is 3.57. The molecule has 2 rings (SSSR count). The van der Waals surface area contributed by atoms with Gasteiger partial charge in [-0.15, -0.1) is 0 Å². The molecule has 0 saturated heterocycles. The Bertz CT molecular complexity index is 636. The van der Waals surface area contributed by atoms with Crippen molar-refractivity contribution < 1.29 is 14.3 Å². The largest absolute Gasteiger partial charge is 0.451 e. The molecular weight excluding hydrogens is 290 g/mol. The summed E-state index contributed by atoms with van der Waals surface area (Å²) in [6.07, 6.45) is 2.54.